The van der Waals surface area contributed by atoms with E-state index in [4.69, 9.17) is 11.6 Å². The van der Waals surface area contributed by atoms with Gasteiger partial charge in [-0.15, -0.1) is 0 Å². The highest BCUT2D eigenvalue weighted by Crippen LogP contribution is 2.34. The van der Waals surface area contributed by atoms with Gasteiger partial charge in [0.25, 0.3) is 0 Å². The summed E-state index contributed by atoms with van der Waals surface area (Å²) < 4.78 is 0.412. The Bertz CT molecular complexity index is 1010. The van der Waals surface area contributed by atoms with Gasteiger partial charge >= 0.3 is 0 Å². The number of hydrogen-bond acceptors (Lipinski definition) is 6. The second kappa shape index (κ2) is 8.96. The molecule has 0 radical (unpaired) electrons. The van der Waals surface area contributed by atoms with Crippen LogP contribution in [0.5, 0.6) is 0 Å². The summed E-state index contributed by atoms with van der Waals surface area (Å²) in [5.74, 6) is 0.0520. The zero-order valence-corrected chi connectivity index (χ0v) is 19.0. The number of fused-ring (bicyclic) bond motifs is 1. The Morgan fingerprint density at radius 2 is 1.93 bits per heavy atom. The third-order valence-electron chi connectivity index (χ3n) is 5.52. The fourth-order valence-corrected chi connectivity index (χ4v) is 4.40. The summed E-state index contributed by atoms with van der Waals surface area (Å²) in [6.45, 7) is 6.24. The predicted octanol–water partition coefficient (Wildman–Crippen LogP) is 3.82. The number of ketones is 2. The van der Waals surface area contributed by atoms with Crippen molar-refractivity contribution in [2.75, 3.05) is 31.1 Å². The second-order valence-electron chi connectivity index (χ2n) is 7.52. The van der Waals surface area contributed by atoms with E-state index in [0.29, 0.717) is 33.7 Å². The molecular formula is C22H22BrClN4O2. The van der Waals surface area contributed by atoms with Crippen molar-refractivity contribution in [1.82, 2.24) is 14.9 Å². The second-order valence-corrected chi connectivity index (χ2v) is 8.69. The first kappa shape index (κ1) is 21.2. The maximum absolute atomic E-state index is 12.1. The van der Waals surface area contributed by atoms with E-state index in [1.165, 1.54) is 0 Å². The summed E-state index contributed by atoms with van der Waals surface area (Å²) in [6.07, 6.45) is 4.43. The number of aromatic nitrogens is 2. The van der Waals surface area contributed by atoms with Crippen molar-refractivity contribution < 1.29 is 9.59 Å². The number of Topliss-reactive ketones (excluding diaryl/α,β-unsaturated/α-hetero) is 2. The Balaban J connectivity index is 1.37. The molecule has 0 aromatic carbocycles. The van der Waals surface area contributed by atoms with Crippen LogP contribution in [-0.4, -0.2) is 52.6 Å². The molecule has 1 saturated heterocycles. The van der Waals surface area contributed by atoms with Crippen molar-refractivity contribution in [3.63, 3.8) is 0 Å². The SMILES string of the molecule is CCC(=O)c1ccc(N2CCN(Cc3cnc4c(c3)CC(=O)C(Br)=C4Cl)CC2)cn1. The van der Waals surface area contributed by atoms with Crippen molar-refractivity contribution in [2.45, 2.75) is 26.3 Å². The molecule has 2 aromatic rings. The molecule has 0 amide bonds. The number of halogens is 2. The summed E-state index contributed by atoms with van der Waals surface area (Å²) in [5, 5.41) is 0.390. The lowest BCUT2D eigenvalue weighted by Crippen LogP contribution is -2.46. The van der Waals surface area contributed by atoms with Crippen molar-refractivity contribution in [3.05, 3.63) is 57.6 Å². The smallest absolute Gasteiger partial charge is 0.180 e. The monoisotopic (exact) mass is 488 g/mol. The molecule has 0 N–H and O–H groups in total. The average molecular weight is 490 g/mol. The molecule has 0 atom stereocenters. The molecule has 0 bridgehead atoms. The molecule has 8 heteroatoms. The van der Waals surface area contributed by atoms with Crippen LogP contribution in [-0.2, 0) is 17.8 Å². The molecule has 4 rings (SSSR count). The standard InChI is InChI=1S/C22H22BrClN4O2/c1-2-18(29)17-4-3-16(12-25-17)28-7-5-27(6-8-28)13-14-9-15-10-19(30)20(23)21(24)22(15)26-11-14/h3-4,9,11-12H,2,5-8,10,13H2,1H3. The Labute approximate surface area is 189 Å². The van der Waals surface area contributed by atoms with E-state index < -0.39 is 0 Å². The first-order chi connectivity index (χ1) is 14.5. The molecule has 1 fully saturated rings. The van der Waals surface area contributed by atoms with Crippen LogP contribution in [0.1, 0.15) is 40.7 Å². The van der Waals surface area contributed by atoms with E-state index in [-0.39, 0.29) is 11.6 Å². The Morgan fingerprint density at radius 3 is 2.60 bits per heavy atom. The van der Waals surface area contributed by atoms with Gasteiger partial charge in [0, 0.05) is 51.8 Å². The topological polar surface area (TPSA) is 66.4 Å². The van der Waals surface area contributed by atoms with E-state index in [1.807, 2.05) is 31.3 Å². The fraction of sp³-hybridized carbons (Fsp3) is 0.364. The lowest BCUT2D eigenvalue weighted by molar-refractivity contribution is -0.114. The molecular weight excluding hydrogens is 468 g/mol. The highest BCUT2D eigenvalue weighted by molar-refractivity contribution is 9.12. The van der Waals surface area contributed by atoms with Crippen LogP contribution in [0, 0.1) is 0 Å². The van der Waals surface area contributed by atoms with Gasteiger partial charge in [-0.25, -0.2) is 0 Å². The van der Waals surface area contributed by atoms with Gasteiger partial charge in [0.1, 0.15) is 5.69 Å². The van der Waals surface area contributed by atoms with Gasteiger partial charge in [-0.1, -0.05) is 24.6 Å². The van der Waals surface area contributed by atoms with Gasteiger partial charge in [-0.2, -0.15) is 0 Å². The van der Waals surface area contributed by atoms with Crippen LogP contribution in [0.4, 0.5) is 5.69 Å². The Morgan fingerprint density at radius 1 is 1.17 bits per heavy atom. The van der Waals surface area contributed by atoms with Crippen LogP contribution in [0.2, 0.25) is 0 Å². The average Bonchev–Trinajstić information content (AvgIpc) is 2.77. The van der Waals surface area contributed by atoms with E-state index in [1.54, 1.807) is 6.20 Å². The third-order valence-corrected chi connectivity index (χ3v) is 6.95. The molecule has 30 heavy (non-hydrogen) atoms. The number of hydrogen-bond donors (Lipinski definition) is 0. The predicted molar refractivity (Wildman–Crippen MR) is 121 cm³/mol. The normalized spacial score (nSPS) is 17.3. The van der Waals surface area contributed by atoms with Crippen LogP contribution >= 0.6 is 27.5 Å². The maximum Gasteiger partial charge on any atom is 0.180 e. The fourth-order valence-electron chi connectivity index (χ4n) is 3.80. The Kier molecular flexibility index (Phi) is 6.32. The lowest BCUT2D eigenvalue weighted by Gasteiger charge is -2.36. The molecule has 156 valence electrons. The molecule has 2 aromatic heterocycles. The van der Waals surface area contributed by atoms with Crippen LogP contribution in [0.25, 0.3) is 5.03 Å². The minimum atomic E-state index is -0.0136. The van der Waals surface area contributed by atoms with Crippen molar-refractivity contribution in [2.24, 2.45) is 0 Å². The van der Waals surface area contributed by atoms with E-state index in [2.05, 4.69) is 35.7 Å². The van der Waals surface area contributed by atoms with Gasteiger partial charge in [0.2, 0.25) is 0 Å². The molecule has 2 aliphatic rings. The highest BCUT2D eigenvalue weighted by atomic mass is 79.9. The van der Waals surface area contributed by atoms with Gasteiger partial charge in [-0.3, -0.25) is 24.5 Å². The van der Waals surface area contributed by atoms with E-state index in [9.17, 15) is 9.59 Å². The summed E-state index contributed by atoms with van der Waals surface area (Å²) in [4.78, 5) is 37.3. The zero-order chi connectivity index (χ0) is 21.3. The third kappa shape index (κ3) is 4.33. The van der Waals surface area contributed by atoms with Crippen molar-refractivity contribution in [1.29, 1.82) is 0 Å². The number of rotatable bonds is 5. The lowest BCUT2D eigenvalue weighted by atomic mass is 9.99. The van der Waals surface area contributed by atoms with Gasteiger partial charge < -0.3 is 4.90 Å². The molecule has 6 nitrogen and oxygen atoms in total. The molecule has 0 saturated carbocycles. The quantitative estimate of drug-likeness (QED) is 0.595. The number of anilines is 1. The number of allylic oxidation sites excluding steroid dienone is 1. The summed E-state index contributed by atoms with van der Waals surface area (Å²) in [5.41, 5.74) is 4.23. The van der Waals surface area contributed by atoms with Crippen LogP contribution < -0.4 is 4.90 Å². The largest absolute Gasteiger partial charge is 0.368 e. The number of pyridine rings is 2. The summed E-state index contributed by atoms with van der Waals surface area (Å²) in [6, 6.07) is 5.83. The molecule has 3 heterocycles. The van der Waals surface area contributed by atoms with Gasteiger partial charge in [-0.05, 0) is 39.2 Å². The zero-order valence-electron chi connectivity index (χ0n) is 16.7. The van der Waals surface area contributed by atoms with E-state index >= 15 is 0 Å². The van der Waals surface area contributed by atoms with Gasteiger partial charge in [0.05, 0.1) is 27.1 Å². The maximum atomic E-state index is 12.1. The van der Waals surface area contributed by atoms with E-state index in [0.717, 1.165) is 49.5 Å². The minimum Gasteiger partial charge on any atom is -0.368 e. The molecule has 0 spiro atoms. The summed E-state index contributed by atoms with van der Waals surface area (Å²) in [7, 11) is 0. The number of nitrogens with zero attached hydrogens (tertiary/aromatic N) is 4. The minimum absolute atomic E-state index is 0.0136. The highest BCUT2D eigenvalue weighted by Gasteiger charge is 2.25. The summed E-state index contributed by atoms with van der Waals surface area (Å²) >= 11 is 9.51. The molecule has 1 aliphatic carbocycles. The van der Waals surface area contributed by atoms with Crippen LogP contribution in [0.3, 0.4) is 0 Å². The van der Waals surface area contributed by atoms with Crippen LogP contribution in [0.15, 0.2) is 35.1 Å². The number of carbonyl (C=O) groups is 2. The first-order valence-electron chi connectivity index (χ1n) is 9.99. The van der Waals surface area contributed by atoms with Gasteiger partial charge in [0.15, 0.2) is 11.6 Å². The first-order valence-corrected chi connectivity index (χ1v) is 11.2. The molecule has 0 unspecified atom stereocenters. The van der Waals surface area contributed by atoms with Crippen molar-refractivity contribution >= 4 is 49.8 Å². The van der Waals surface area contributed by atoms with Crippen molar-refractivity contribution in [3.8, 4) is 0 Å². The number of carbonyl (C=O) groups excluding carboxylic acids is 2. The Hall–Kier alpha value is -2.09. The molecule has 1 aliphatic heterocycles. The number of piperazine rings is 1.